The molecule has 0 unspecified atom stereocenters. The minimum Gasteiger partial charge on any atom is -0.469 e. The van der Waals surface area contributed by atoms with E-state index in [4.69, 9.17) is 9.72 Å². The van der Waals surface area contributed by atoms with Crippen molar-refractivity contribution in [1.82, 2.24) is 10.3 Å². The Hall–Kier alpha value is -2.40. The minimum absolute atomic E-state index is 0.199. The minimum atomic E-state index is -0.199. The Labute approximate surface area is 167 Å². The summed E-state index contributed by atoms with van der Waals surface area (Å²) in [6.45, 7) is 5.26. The molecule has 1 saturated heterocycles. The Bertz CT molecular complexity index is 848. The number of fused-ring (bicyclic) bond motifs is 1. The molecule has 0 spiro atoms. The van der Waals surface area contributed by atoms with Crippen LogP contribution >= 0.6 is 0 Å². The molecule has 0 saturated carbocycles. The van der Waals surface area contributed by atoms with Gasteiger partial charge >= 0.3 is 5.97 Å². The summed E-state index contributed by atoms with van der Waals surface area (Å²) in [5.41, 5.74) is 6.41. The number of piperazine rings is 1. The molecule has 1 aliphatic carbocycles. The smallest absolute Gasteiger partial charge is 0.309 e. The standard InChI is InChI=1S/C23H29N3O2/c1-16-15-26(11-10-24-16)22-14-19(20-4-3-5-21(20)25-22)12-17-6-8-18(9-7-17)13-23(27)28-2/h6-9,14,16,24H,3-5,10-13,15H2,1-2H3/t16-/m1/s1. The van der Waals surface area contributed by atoms with Gasteiger partial charge in [-0.3, -0.25) is 4.79 Å². The van der Waals surface area contributed by atoms with Crippen molar-refractivity contribution in [2.75, 3.05) is 31.6 Å². The van der Waals surface area contributed by atoms with Gasteiger partial charge in [-0.2, -0.15) is 0 Å². The van der Waals surface area contributed by atoms with Gasteiger partial charge in [-0.1, -0.05) is 24.3 Å². The van der Waals surface area contributed by atoms with Gasteiger partial charge in [0, 0.05) is 31.4 Å². The zero-order valence-electron chi connectivity index (χ0n) is 16.8. The quantitative estimate of drug-likeness (QED) is 0.810. The molecule has 2 aliphatic rings. The number of hydrogen-bond acceptors (Lipinski definition) is 5. The van der Waals surface area contributed by atoms with Gasteiger partial charge in [-0.25, -0.2) is 4.98 Å². The zero-order valence-corrected chi connectivity index (χ0v) is 16.8. The topological polar surface area (TPSA) is 54.5 Å². The number of carbonyl (C=O) groups excluding carboxylic acids is 1. The first-order valence-corrected chi connectivity index (χ1v) is 10.3. The van der Waals surface area contributed by atoms with E-state index in [0.717, 1.165) is 50.3 Å². The summed E-state index contributed by atoms with van der Waals surface area (Å²) in [5, 5.41) is 3.51. The summed E-state index contributed by atoms with van der Waals surface area (Å²) in [6.07, 6.45) is 4.67. The van der Waals surface area contributed by atoms with Crippen LogP contribution in [0.15, 0.2) is 30.3 Å². The highest BCUT2D eigenvalue weighted by atomic mass is 16.5. The van der Waals surface area contributed by atoms with E-state index in [0.29, 0.717) is 12.5 Å². The number of rotatable bonds is 5. The Morgan fingerprint density at radius 1 is 1.25 bits per heavy atom. The van der Waals surface area contributed by atoms with Crippen molar-refractivity contribution in [1.29, 1.82) is 0 Å². The Morgan fingerprint density at radius 2 is 2.04 bits per heavy atom. The van der Waals surface area contributed by atoms with Gasteiger partial charge in [0.2, 0.25) is 0 Å². The van der Waals surface area contributed by atoms with E-state index in [1.165, 1.54) is 35.9 Å². The van der Waals surface area contributed by atoms with Crippen LogP contribution in [-0.4, -0.2) is 43.7 Å². The normalized spacial score (nSPS) is 18.8. The SMILES string of the molecule is COC(=O)Cc1ccc(Cc2cc(N3CCN[C@H](C)C3)nc3c2CCC3)cc1. The molecule has 4 rings (SSSR count). The van der Waals surface area contributed by atoms with Crippen molar-refractivity contribution in [3.8, 4) is 0 Å². The van der Waals surface area contributed by atoms with E-state index in [2.05, 4.69) is 35.3 Å². The van der Waals surface area contributed by atoms with Crippen molar-refractivity contribution in [3.63, 3.8) is 0 Å². The maximum atomic E-state index is 11.5. The Kier molecular flexibility index (Phi) is 5.62. The average Bonchev–Trinajstić information content (AvgIpc) is 3.18. The fourth-order valence-electron chi connectivity index (χ4n) is 4.30. The molecular weight excluding hydrogens is 350 g/mol. The highest BCUT2D eigenvalue weighted by Crippen LogP contribution is 2.30. The van der Waals surface area contributed by atoms with E-state index >= 15 is 0 Å². The third-order valence-electron chi connectivity index (χ3n) is 5.82. The number of nitrogens with zero attached hydrogens (tertiary/aromatic N) is 2. The van der Waals surface area contributed by atoms with Crippen molar-refractivity contribution in [2.45, 2.75) is 45.1 Å². The van der Waals surface area contributed by atoms with E-state index < -0.39 is 0 Å². The molecule has 0 bridgehead atoms. The molecule has 1 aliphatic heterocycles. The highest BCUT2D eigenvalue weighted by Gasteiger charge is 2.22. The number of aromatic nitrogens is 1. The van der Waals surface area contributed by atoms with E-state index in [9.17, 15) is 4.79 Å². The summed E-state index contributed by atoms with van der Waals surface area (Å²) in [4.78, 5) is 18.9. The van der Waals surface area contributed by atoms with Gasteiger partial charge in [0.05, 0.1) is 13.5 Å². The third-order valence-corrected chi connectivity index (χ3v) is 5.82. The molecule has 28 heavy (non-hydrogen) atoms. The molecule has 1 N–H and O–H groups in total. The molecular formula is C23H29N3O2. The van der Waals surface area contributed by atoms with E-state index in [1.54, 1.807) is 0 Å². The number of hydrogen-bond donors (Lipinski definition) is 1. The molecule has 2 aromatic rings. The van der Waals surface area contributed by atoms with Crippen LogP contribution in [0, 0.1) is 0 Å². The molecule has 1 fully saturated rings. The molecule has 0 amide bonds. The lowest BCUT2D eigenvalue weighted by Gasteiger charge is -2.33. The lowest BCUT2D eigenvalue weighted by Crippen LogP contribution is -2.49. The predicted molar refractivity (Wildman–Crippen MR) is 111 cm³/mol. The maximum Gasteiger partial charge on any atom is 0.309 e. The number of aryl methyl sites for hydroxylation is 1. The van der Waals surface area contributed by atoms with Crippen LogP contribution in [0.1, 0.15) is 41.3 Å². The van der Waals surface area contributed by atoms with Gasteiger partial charge in [-0.15, -0.1) is 0 Å². The van der Waals surface area contributed by atoms with Crippen LogP contribution in [0.2, 0.25) is 0 Å². The Morgan fingerprint density at radius 3 is 2.79 bits per heavy atom. The second-order valence-electron chi connectivity index (χ2n) is 7.97. The lowest BCUT2D eigenvalue weighted by atomic mass is 9.98. The number of esters is 1. The molecule has 1 aromatic carbocycles. The van der Waals surface area contributed by atoms with E-state index in [-0.39, 0.29) is 5.97 Å². The van der Waals surface area contributed by atoms with Crippen molar-refractivity contribution >= 4 is 11.8 Å². The molecule has 148 valence electrons. The summed E-state index contributed by atoms with van der Waals surface area (Å²) in [7, 11) is 1.43. The number of pyridine rings is 1. The number of ether oxygens (including phenoxy) is 1. The summed E-state index contributed by atoms with van der Waals surface area (Å²) in [6, 6.07) is 11.1. The predicted octanol–water partition coefficient (Wildman–Crippen LogP) is 2.67. The number of methoxy groups -OCH3 is 1. The van der Waals surface area contributed by atoms with Crippen molar-refractivity contribution in [3.05, 3.63) is 58.3 Å². The van der Waals surface area contributed by atoms with Gasteiger partial charge in [-0.05, 0) is 60.9 Å². The van der Waals surface area contributed by atoms with Gasteiger partial charge in [0.1, 0.15) is 5.82 Å². The molecule has 1 aromatic heterocycles. The van der Waals surface area contributed by atoms with Crippen molar-refractivity contribution < 1.29 is 9.53 Å². The van der Waals surface area contributed by atoms with Gasteiger partial charge < -0.3 is 15.0 Å². The summed E-state index contributed by atoms with van der Waals surface area (Å²) >= 11 is 0. The Balaban J connectivity index is 1.56. The maximum absolute atomic E-state index is 11.5. The summed E-state index contributed by atoms with van der Waals surface area (Å²) < 4.78 is 4.75. The largest absolute Gasteiger partial charge is 0.469 e. The van der Waals surface area contributed by atoms with Crippen molar-refractivity contribution in [2.24, 2.45) is 0 Å². The van der Waals surface area contributed by atoms with E-state index in [1.807, 2.05) is 12.1 Å². The zero-order chi connectivity index (χ0) is 19.5. The summed E-state index contributed by atoms with van der Waals surface area (Å²) in [5.74, 6) is 0.931. The number of carbonyl (C=O) groups is 1. The van der Waals surface area contributed by atoms with Gasteiger partial charge in [0.15, 0.2) is 0 Å². The number of benzene rings is 1. The second-order valence-corrected chi connectivity index (χ2v) is 7.97. The van der Waals surface area contributed by atoms with Crippen LogP contribution in [0.3, 0.4) is 0 Å². The number of anilines is 1. The monoisotopic (exact) mass is 379 g/mol. The number of nitrogens with one attached hydrogen (secondary N) is 1. The fourth-order valence-corrected chi connectivity index (χ4v) is 4.30. The average molecular weight is 380 g/mol. The lowest BCUT2D eigenvalue weighted by molar-refractivity contribution is -0.139. The highest BCUT2D eigenvalue weighted by molar-refractivity contribution is 5.72. The molecule has 0 radical (unpaired) electrons. The second kappa shape index (κ2) is 8.31. The fraction of sp³-hybridized carbons (Fsp3) is 0.478. The van der Waals surface area contributed by atoms with Crippen LogP contribution in [0.5, 0.6) is 0 Å². The first-order valence-electron chi connectivity index (χ1n) is 10.3. The van der Waals surface area contributed by atoms with Gasteiger partial charge in [0.25, 0.3) is 0 Å². The molecule has 1 atom stereocenters. The van der Waals surface area contributed by atoms with Crippen LogP contribution < -0.4 is 10.2 Å². The van der Waals surface area contributed by atoms with Crippen LogP contribution in [-0.2, 0) is 35.2 Å². The van der Waals surface area contributed by atoms with Crippen LogP contribution in [0.4, 0.5) is 5.82 Å². The molecule has 2 heterocycles. The van der Waals surface area contributed by atoms with Crippen LogP contribution in [0.25, 0.3) is 0 Å². The third kappa shape index (κ3) is 4.20. The first-order chi connectivity index (χ1) is 13.6. The first kappa shape index (κ1) is 18.9. The molecule has 5 nitrogen and oxygen atoms in total. The molecule has 5 heteroatoms.